The molecule has 1 spiro atoms. The summed E-state index contributed by atoms with van der Waals surface area (Å²) in [7, 11) is -0.293. The Labute approximate surface area is 162 Å². The maximum atomic E-state index is 13.0. The lowest BCUT2D eigenvalue weighted by molar-refractivity contribution is -0.169. The molecule has 4 aliphatic carbocycles. The van der Waals surface area contributed by atoms with Crippen molar-refractivity contribution in [1.29, 1.82) is 0 Å². The Morgan fingerprint density at radius 3 is 2.63 bits per heavy atom. The average molecular weight is 370 g/mol. The van der Waals surface area contributed by atoms with Crippen molar-refractivity contribution in [2.45, 2.75) is 77.6 Å². The summed E-state index contributed by atoms with van der Waals surface area (Å²) in [5.41, 5.74) is 0.871. The third-order valence-electron chi connectivity index (χ3n) is 9.35. The van der Waals surface area contributed by atoms with Gasteiger partial charge in [-0.2, -0.15) is 0 Å². The number of fused-ring (bicyclic) bond motifs is 6. The van der Waals surface area contributed by atoms with E-state index in [1.165, 1.54) is 5.57 Å². The molecular formula is C22H31BO4. The lowest BCUT2D eigenvalue weighted by atomic mass is 9.46. The van der Waals surface area contributed by atoms with Crippen LogP contribution in [0.15, 0.2) is 11.6 Å². The molecule has 0 aromatic rings. The first-order chi connectivity index (χ1) is 12.8. The van der Waals surface area contributed by atoms with Gasteiger partial charge in [0.25, 0.3) is 0 Å². The largest absolute Gasteiger partial charge is 0.454 e. The molecule has 5 heteroatoms. The van der Waals surface area contributed by atoms with Gasteiger partial charge < -0.3 is 9.31 Å². The summed E-state index contributed by atoms with van der Waals surface area (Å²) in [5.74, 6) is 2.31. The van der Waals surface area contributed by atoms with E-state index >= 15 is 0 Å². The van der Waals surface area contributed by atoms with E-state index in [0.717, 1.165) is 44.9 Å². The Kier molecular flexibility index (Phi) is 3.89. The molecular weight excluding hydrogens is 339 g/mol. The molecule has 5 aliphatic rings. The molecule has 0 aromatic heterocycles. The Bertz CT molecular complexity index is 732. The molecule has 0 aromatic carbocycles. The number of carbonyl (C=O) groups is 2. The highest BCUT2D eigenvalue weighted by molar-refractivity contribution is 6.44. The van der Waals surface area contributed by atoms with E-state index in [1.54, 1.807) is 0 Å². The number of rotatable bonds is 0. The fourth-order valence-electron chi connectivity index (χ4n) is 7.90. The van der Waals surface area contributed by atoms with Crippen LogP contribution in [0.3, 0.4) is 0 Å². The zero-order chi connectivity index (χ0) is 19.0. The smallest absolute Gasteiger partial charge is 0.404 e. The van der Waals surface area contributed by atoms with E-state index in [2.05, 4.69) is 13.8 Å². The summed E-state index contributed by atoms with van der Waals surface area (Å²) in [6.45, 7) is 6.86. The van der Waals surface area contributed by atoms with Crippen LogP contribution in [0.2, 0.25) is 6.82 Å². The van der Waals surface area contributed by atoms with Crippen LogP contribution in [0.4, 0.5) is 0 Å². The van der Waals surface area contributed by atoms with Crippen LogP contribution >= 0.6 is 0 Å². The molecule has 5 rings (SSSR count). The highest BCUT2D eigenvalue weighted by Crippen LogP contribution is 2.68. The number of ketones is 2. The van der Waals surface area contributed by atoms with Gasteiger partial charge in [-0.25, -0.2) is 0 Å². The van der Waals surface area contributed by atoms with Crippen LogP contribution in [0.1, 0.15) is 65.2 Å². The van der Waals surface area contributed by atoms with Gasteiger partial charge in [0, 0.05) is 11.8 Å². The second kappa shape index (κ2) is 5.79. The summed E-state index contributed by atoms with van der Waals surface area (Å²) in [4.78, 5) is 25.0. The topological polar surface area (TPSA) is 52.6 Å². The zero-order valence-corrected chi connectivity index (χ0v) is 16.9. The number of hydrogen-bond donors (Lipinski definition) is 0. The van der Waals surface area contributed by atoms with Crippen LogP contribution in [-0.2, 0) is 18.9 Å². The van der Waals surface area contributed by atoms with Gasteiger partial charge in [0.05, 0.1) is 6.61 Å². The van der Waals surface area contributed by atoms with Crippen molar-refractivity contribution >= 4 is 18.7 Å². The third kappa shape index (κ3) is 2.25. The van der Waals surface area contributed by atoms with E-state index in [4.69, 9.17) is 9.31 Å². The Morgan fingerprint density at radius 1 is 1.04 bits per heavy atom. The summed E-state index contributed by atoms with van der Waals surface area (Å²) in [6, 6.07) is 0. The minimum Gasteiger partial charge on any atom is -0.404 e. The standard InChI is InChI=1S/C22H31BO4/c1-20-9-6-15(24)12-14(20)4-5-16-17(20)7-10-21(2)18(16)8-11-22(21)19(25)13-26-23(3)27-22/h12,16-18H,4-11,13H2,1-3H3/t16-,17+,18+,20+,21+,22+/m1/s1. The van der Waals surface area contributed by atoms with Gasteiger partial charge in [-0.15, -0.1) is 0 Å². The van der Waals surface area contributed by atoms with Crippen molar-refractivity contribution in [3.8, 4) is 0 Å². The highest BCUT2D eigenvalue weighted by atomic mass is 16.6. The first-order valence-corrected chi connectivity index (χ1v) is 10.9. The molecule has 4 nitrogen and oxygen atoms in total. The molecule has 1 aliphatic heterocycles. The number of hydrogen-bond acceptors (Lipinski definition) is 4. The SMILES string of the molecule is CB1OCC(=O)[C@]2(CC[C@H]3[C@@H]4CCC5=CC(=O)CC[C@]5(C)[C@H]4CC[C@@]32C)O1. The summed E-state index contributed by atoms with van der Waals surface area (Å²) in [5, 5.41) is 0. The van der Waals surface area contributed by atoms with Crippen molar-refractivity contribution < 1.29 is 18.9 Å². The van der Waals surface area contributed by atoms with Crippen LogP contribution in [0.5, 0.6) is 0 Å². The first-order valence-electron chi connectivity index (χ1n) is 10.9. The average Bonchev–Trinajstić information content (AvgIpc) is 2.92. The number of allylic oxidation sites excluding steroid dienone is 1. The van der Waals surface area contributed by atoms with Crippen molar-refractivity contribution in [1.82, 2.24) is 0 Å². The third-order valence-corrected chi connectivity index (χ3v) is 9.35. The van der Waals surface area contributed by atoms with Gasteiger partial charge >= 0.3 is 7.12 Å². The van der Waals surface area contributed by atoms with Crippen molar-refractivity contribution in [2.75, 3.05) is 6.61 Å². The Morgan fingerprint density at radius 2 is 1.81 bits per heavy atom. The van der Waals surface area contributed by atoms with Gasteiger partial charge in [0.1, 0.15) is 5.60 Å². The molecule has 3 saturated carbocycles. The fraction of sp³-hybridized carbons (Fsp3) is 0.818. The molecule has 0 radical (unpaired) electrons. The fourth-order valence-corrected chi connectivity index (χ4v) is 7.90. The zero-order valence-electron chi connectivity index (χ0n) is 16.9. The summed E-state index contributed by atoms with van der Waals surface area (Å²) >= 11 is 0. The van der Waals surface area contributed by atoms with E-state index < -0.39 is 5.60 Å². The predicted molar refractivity (Wildman–Crippen MR) is 103 cm³/mol. The van der Waals surface area contributed by atoms with E-state index in [1.807, 2.05) is 12.9 Å². The lowest BCUT2D eigenvalue weighted by Gasteiger charge is -2.60. The normalized spacial score (nSPS) is 49.5. The molecule has 0 bridgehead atoms. The lowest BCUT2D eigenvalue weighted by Crippen LogP contribution is -2.63. The van der Waals surface area contributed by atoms with Crippen LogP contribution in [-0.4, -0.2) is 30.9 Å². The molecule has 146 valence electrons. The molecule has 0 unspecified atom stereocenters. The highest BCUT2D eigenvalue weighted by Gasteiger charge is 2.68. The van der Waals surface area contributed by atoms with Crippen LogP contribution in [0, 0.1) is 28.6 Å². The number of Topliss-reactive ketones (excluding diaryl/α,β-unsaturated/α-hetero) is 1. The molecule has 27 heavy (non-hydrogen) atoms. The second-order valence-electron chi connectivity index (χ2n) is 10.2. The maximum absolute atomic E-state index is 13.0. The minimum atomic E-state index is -0.639. The summed E-state index contributed by atoms with van der Waals surface area (Å²) < 4.78 is 11.8. The van der Waals surface area contributed by atoms with Crippen molar-refractivity contribution in [3.05, 3.63) is 11.6 Å². The second-order valence-corrected chi connectivity index (χ2v) is 10.2. The van der Waals surface area contributed by atoms with E-state index in [9.17, 15) is 9.59 Å². The Hall–Kier alpha value is -0.935. The Balaban J connectivity index is 1.50. The molecule has 6 atom stereocenters. The molecule has 4 fully saturated rings. The molecule has 0 amide bonds. The molecule has 1 heterocycles. The first kappa shape index (κ1) is 18.1. The van der Waals surface area contributed by atoms with Crippen molar-refractivity contribution in [3.63, 3.8) is 0 Å². The predicted octanol–water partition coefficient (Wildman–Crippen LogP) is 3.99. The van der Waals surface area contributed by atoms with Gasteiger partial charge in [0.2, 0.25) is 0 Å². The van der Waals surface area contributed by atoms with Crippen LogP contribution < -0.4 is 0 Å². The van der Waals surface area contributed by atoms with E-state index in [-0.39, 0.29) is 30.3 Å². The van der Waals surface area contributed by atoms with E-state index in [0.29, 0.717) is 30.0 Å². The van der Waals surface area contributed by atoms with Gasteiger partial charge in [-0.1, -0.05) is 19.4 Å². The van der Waals surface area contributed by atoms with Crippen molar-refractivity contribution in [2.24, 2.45) is 28.6 Å². The summed E-state index contributed by atoms with van der Waals surface area (Å²) in [6.07, 6.45) is 10.0. The maximum Gasteiger partial charge on any atom is 0.454 e. The van der Waals surface area contributed by atoms with Gasteiger partial charge in [-0.3, -0.25) is 9.59 Å². The van der Waals surface area contributed by atoms with Gasteiger partial charge in [0.15, 0.2) is 11.6 Å². The van der Waals surface area contributed by atoms with Crippen LogP contribution in [0.25, 0.3) is 0 Å². The quantitative estimate of drug-likeness (QED) is 0.605. The molecule has 1 saturated heterocycles. The minimum absolute atomic E-state index is 0.0780. The molecule has 0 N–H and O–H groups in total. The number of carbonyl (C=O) groups excluding carboxylic acids is 2. The monoisotopic (exact) mass is 370 g/mol. The van der Waals surface area contributed by atoms with Gasteiger partial charge in [-0.05, 0) is 81.0 Å².